The average Bonchev–Trinajstić information content (AvgIpc) is 3.20. The third kappa shape index (κ3) is 3.20. The van der Waals surface area contributed by atoms with Crippen molar-refractivity contribution in [2.45, 2.75) is 10.5 Å². The maximum absolute atomic E-state index is 12.9. The molecular formula is C17H11F3N4S2. The summed E-state index contributed by atoms with van der Waals surface area (Å²) in [5, 5.41) is 9.76. The molecule has 2 heterocycles. The molecule has 0 atom stereocenters. The number of halogens is 3. The van der Waals surface area contributed by atoms with Gasteiger partial charge < -0.3 is 0 Å². The molecule has 4 rings (SSSR count). The topological polar surface area (TPSA) is 56.2 Å². The summed E-state index contributed by atoms with van der Waals surface area (Å²) < 4.78 is 41.0. The second-order valence-electron chi connectivity index (χ2n) is 5.50. The number of nitrogens with two attached hydrogens (primary N) is 1. The van der Waals surface area contributed by atoms with Crippen LogP contribution in [0.15, 0.2) is 59.1 Å². The first-order valence-electron chi connectivity index (χ1n) is 7.45. The summed E-state index contributed by atoms with van der Waals surface area (Å²) in [6.07, 6.45) is -2.56. The molecular weight excluding hydrogens is 381 g/mol. The summed E-state index contributed by atoms with van der Waals surface area (Å²) in [5.41, 5.74) is 2.17. The smallest absolute Gasteiger partial charge is 0.272 e. The van der Waals surface area contributed by atoms with Gasteiger partial charge in [-0.05, 0) is 35.2 Å². The minimum absolute atomic E-state index is 0.517. The zero-order valence-electron chi connectivity index (χ0n) is 13.1. The Balaban J connectivity index is 1.64. The molecule has 0 saturated carbocycles. The van der Waals surface area contributed by atoms with E-state index >= 15 is 0 Å². The van der Waals surface area contributed by atoms with Crippen molar-refractivity contribution < 1.29 is 13.2 Å². The molecule has 0 fully saturated rings. The van der Waals surface area contributed by atoms with Crippen molar-refractivity contribution >= 4 is 28.2 Å². The Morgan fingerprint density at radius 3 is 2.38 bits per heavy atom. The molecule has 2 aromatic carbocycles. The van der Waals surface area contributed by atoms with Gasteiger partial charge in [0.25, 0.3) is 0 Å². The Hall–Kier alpha value is -2.36. The summed E-state index contributed by atoms with van der Waals surface area (Å²) >= 11 is 2.46. The summed E-state index contributed by atoms with van der Waals surface area (Å²) in [7, 11) is 0. The van der Waals surface area contributed by atoms with E-state index in [0.29, 0.717) is 11.1 Å². The molecule has 4 aromatic rings. The zero-order valence-corrected chi connectivity index (χ0v) is 14.7. The lowest BCUT2D eigenvalue weighted by molar-refractivity contribution is -0.137. The van der Waals surface area contributed by atoms with Crippen LogP contribution in [0, 0.1) is 0 Å². The number of hydrogen-bond donors (Lipinski definition) is 1. The van der Waals surface area contributed by atoms with Crippen LogP contribution >= 0.6 is 23.3 Å². The maximum atomic E-state index is 12.9. The first kappa shape index (κ1) is 17.1. The second-order valence-corrected chi connectivity index (χ2v) is 7.33. The zero-order chi connectivity index (χ0) is 18.3. The molecule has 0 aliphatic rings. The second kappa shape index (κ2) is 6.42. The average molecular weight is 392 g/mol. The Bertz CT molecular complexity index is 1040. The summed E-state index contributed by atoms with van der Waals surface area (Å²) in [5.74, 6) is 0. The Labute approximate surface area is 154 Å². The fourth-order valence-corrected chi connectivity index (χ4v) is 3.74. The maximum Gasteiger partial charge on any atom is 0.416 e. The quantitative estimate of drug-likeness (QED) is 0.492. The van der Waals surface area contributed by atoms with E-state index in [1.807, 2.05) is 12.1 Å². The van der Waals surface area contributed by atoms with Crippen LogP contribution in [0.25, 0.3) is 27.3 Å². The first-order chi connectivity index (χ1) is 12.4. The summed E-state index contributed by atoms with van der Waals surface area (Å²) in [4.78, 5) is 5.23. The molecule has 0 aliphatic heterocycles. The highest BCUT2D eigenvalue weighted by molar-refractivity contribution is 7.98. The monoisotopic (exact) mass is 392 g/mol. The molecule has 2 N–H and O–H groups in total. The fraction of sp³-hybridized carbons (Fsp3) is 0.0588. The van der Waals surface area contributed by atoms with Crippen molar-refractivity contribution in [1.82, 2.24) is 14.6 Å². The van der Waals surface area contributed by atoms with Crippen LogP contribution in [0.5, 0.6) is 0 Å². The Morgan fingerprint density at radius 1 is 1.00 bits per heavy atom. The van der Waals surface area contributed by atoms with Crippen molar-refractivity contribution in [2.24, 2.45) is 5.14 Å². The van der Waals surface area contributed by atoms with Crippen LogP contribution in [0.3, 0.4) is 0 Å². The third-order valence-corrected chi connectivity index (χ3v) is 5.37. The molecule has 2 aromatic heterocycles. The molecule has 26 heavy (non-hydrogen) atoms. The third-order valence-electron chi connectivity index (χ3n) is 3.83. The minimum atomic E-state index is -4.36. The van der Waals surface area contributed by atoms with Gasteiger partial charge in [0.2, 0.25) is 4.96 Å². The van der Waals surface area contributed by atoms with E-state index in [-0.39, 0.29) is 0 Å². The highest BCUT2D eigenvalue weighted by atomic mass is 32.2. The fourth-order valence-electron chi connectivity index (χ4n) is 2.58. The van der Waals surface area contributed by atoms with Gasteiger partial charge in [-0.2, -0.15) is 13.2 Å². The van der Waals surface area contributed by atoms with E-state index in [4.69, 9.17) is 5.14 Å². The van der Waals surface area contributed by atoms with Gasteiger partial charge in [-0.15, -0.1) is 5.10 Å². The summed E-state index contributed by atoms with van der Waals surface area (Å²) in [6, 6.07) is 12.5. The number of rotatable bonds is 3. The number of fused-ring (bicyclic) bond motifs is 1. The van der Waals surface area contributed by atoms with E-state index < -0.39 is 11.7 Å². The van der Waals surface area contributed by atoms with E-state index in [2.05, 4.69) is 10.1 Å². The molecule has 0 radical (unpaired) electrons. The molecule has 0 aliphatic carbocycles. The first-order valence-corrected chi connectivity index (χ1v) is 9.15. The number of benzene rings is 2. The van der Waals surface area contributed by atoms with Crippen molar-refractivity contribution in [3.63, 3.8) is 0 Å². The Morgan fingerprint density at radius 2 is 1.73 bits per heavy atom. The lowest BCUT2D eigenvalue weighted by Gasteiger charge is -2.09. The number of alkyl halides is 3. The molecule has 9 heteroatoms. The van der Waals surface area contributed by atoms with Gasteiger partial charge in [-0.3, -0.25) is 5.14 Å². The van der Waals surface area contributed by atoms with Gasteiger partial charge in [-0.1, -0.05) is 47.7 Å². The largest absolute Gasteiger partial charge is 0.416 e. The van der Waals surface area contributed by atoms with E-state index in [1.165, 1.54) is 17.4 Å². The predicted octanol–water partition coefficient (Wildman–Crippen LogP) is 5.11. The lowest BCUT2D eigenvalue weighted by Crippen LogP contribution is -2.04. The normalized spacial score (nSPS) is 12.0. The van der Waals surface area contributed by atoms with Gasteiger partial charge in [0, 0.05) is 5.56 Å². The SMILES string of the molecule is NSc1nn2cc(-c3ccc(-c4cccc(C(F)(F)F)c4)cc3)nc2s1. The molecule has 132 valence electrons. The van der Waals surface area contributed by atoms with Crippen LogP contribution in [-0.2, 0) is 6.18 Å². The van der Waals surface area contributed by atoms with Gasteiger partial charge >= 0.3 is 6.18 Å². The van der Waals surface area contributed by atoms with Crippen LogP contribution in [-0.4, -0.2) is 14.6 Å². The van der Waals surface area contributed by atoms with Gasteiger partial charge in [0.1, 0.15) is 0 Å². The summed E-state index contributed by atoms with van der Waals surface area (Å²) in [6.45, 7) is 0. The Kier molecular flexibility index (Phi) is 4.22. The number of aromatic nitrogens is 3. The highest BCUT2D eigenvalue weighted by Crippen LogP contribution is 2.33. The van der Waals surface area contributed by atoms with Crippen molar-refractivity contribution in [3.8, 4) is 22.4 Å². The number of hydrogen-bond acceptors (Lipinski definition) is 5. The van der Waals surface area contributed by atoms with Crippen molar-refractivity contribution in [1.29, 1.82) is 0 Å². The molecule has 0 saturated heterocycles. The van der Waals surface area contributed by atoms with Crippen LogP contribution in [0.4, 0.5) is 13.2 Å². The highest BCUT2D eigenvalue weighted by Gasteiger charge is 2.30. The minimum Gasteiger partial charge on any atom is -0.272 e. The lowest BCUT2D eigenvalue weighted by atomic mass is 10.0. The van der Waals surface area contributed by atoms with E-state index in [9.17, 15) is 13.2 Å². The number of nitrogens with zero attached hydrogens (tertiary/aromatic N) is 3. The van der Waals surface area contributed by atoms with Crippen molar-refractivity contribution in [2.75, 3.05) is 0 Å². The van der Waals surface area contributed by atoms with E-state index in [0.717, 1.165) is 44.6 Å². The standard InChI is InChI=1S/C17H11F3N4S2/c18-17(19,20)13-3-1-2-12(8-13)10-4-6-11(7-5-10)14-9-24-15(22-14)25-16(23-24)26-21/h1-9H,21H2. The number of imidazole rings is 1. The molecule has 0 unspecified atom stereocenters. The van der Waals surface area contributed by atoms with Gasteiger partial charge in [0.15, 0.2) is 4.34 Å². The molecule has 4 nitrogen and oxygen atoms in total. The molecule has 0 spiro atoms. The molecule has 0 bridgehead atoms. The van der Waals surface area contributed by atoms with Gasteiger partial charge in [0.05, 0.1) is 17.5 Å². The van der Waals surface area contributed by atoms with E-state index in [1.54, 1.807) is 28.9 Å². The van der Waals surface area contributed by atoms with Crippen molar-refractivity contribution in [3.05, 3.63) is 60.3 Å². The van der Waals surface area contributed by atoms with Crippen LogP contribution in [0.2, 0.25) is 0 Å². The van der Waals surface area contributed by atoms with Gasteiger partial charge in [-0.25, -0.2) is 9.50 Å². The van der Waals surface area contributed by atoms with Crippen LogP contribution < -0.4 is 5.14 Å². The molecule has 0 amide bonds. The van der Waals surface area contributed by atoms with Crippen LogP contribution in [0.1, 0.15) is 5.56 Å². The predicted molar refractivity (Wildman–Crippen MR) is 96.8 cm³/mol.